The lowest BCUT2D eigenvalue weighted by Crippen LogP contribution is -2.21. The number of carbonyl (C=O) groups is 2. The van der Waals surface area contributed by atoms with Crippen molar-refractivity contribution in [2.45, 2.75) is 20.3 Å². The zero-order valence-corrected chi connectivity index (χ0v) is 15.6. The first kappa shape index (κ1) is 18.1. The maximum atomic E-state index is 12.0. The summed E-state index contributed by atoms with van der Waals surface area (Å²) in [6.45, 7) is 3.68. The van der Waals surface area contributed by atoms with Crippen LogP contribution < -0.4 is 10.7 Å². The molecule has 2 rings (SSSR count). The van der Waals surface area contributed by atoms with E-state index in [1.807, 2.05) is 43.3 Å². The van der Waals surface area contributed by atoms with Crippen molar-refractivity contribution in [1.29, 1.82) is 0 Å². The molecular weight excluding hydrogens is 417 g/mol. The summed E-state index contributed by atoms with van der Waals surface area (Å²) >= 11 is 2.14. The van der Waals surface area contributed by atoms with Gasteiger partial charge in [0.15, 0.2) is 0 Å². The summed E-state index contributed by atoms with van der Waals surface area (Å²) in [5.74, 6) is -0.476. The number of hydrazone groups is 1. The maximum absolute atomic E-state index is 12.0. The molecule has 0 heterocycles. The Morgan fingerprint density at radius 1 is 1.12 bits per heavy atom. The lowest BCUT2D eigenvalue weighted by Gasteiger charge is -2.06. The van der Waals surface area contributed by atoms with E-state index in [1.165, 1.54) is 0 Å². The van der Waals surface area contributed by atoms with Gasteiger partial charge in [0.2, 0.25) is 5.91 Å². The highest BCUT2D eigenvalue weighted by Gasteiger charge is 2.07. The third kappa shape index (κ3) is 5.77. The fourth-order valence-corrected chi connectivity index (χ4v) is 2.50. The Bertz CT molecular complexity index is 770. The number of hydrogen-bond donors (Lipinski definition) is 2. The molecular formula is C18H18IN3O2. The van der Waals surface area contributed by atoms with Gasteiger partial charge in [-0.2, -0.15) is 5.10 Å². The molecule has 0 saturated carbocycles. The number of halogens is 1. The molecule has 6 heteroatoms. The van der Waals surface area contributed by atoms with Crippen LogP contribution in [0, 0.1) is 10.5 Å². The molecule has 0 spiro atoms. The van der Waals surface area contributed by atoms with Gasteiger partial charge in [-0.05, 0) is 66.8 Å². The fraction of sp³-hybridized carbons (Fsp3) is 0.167. The minimum Gasteiger partial charge on any atom is -0.326 e. The SMILES string of the molecule is C/C(CC(=O)Nc1ccc(C)cc1)=N/NC(=O)c1cccc(I)c1. The van der Waals surface area contributed by atoms with Crippen LogP contribution in [0.5, 0.6) is 0 Å². The van der Waals surface area contributed by atoms with Crippen molar-refractivity contribution in [3.8, 4) is 0 Å². The first-order chi connectivity index (χ1) is 11.4. The third-order valence-electron chi connectivity index (χ3n) is 3.19. The largest absolute Gasteiger partial charge is 0.326 e. The van der Waals surface area contributed by atoms with Crippen molar-refractivity contribution in [2.24, 2.45) is 5.10 Å². The highest BCUT2D eigenvalue weighted by Crippen LogP contribution is 2.09. The second kappa shape index (κ2) is 8.58. The van der Waals surface area contributed by atoms with Crippen molar-refractivity contribution in [1.82, 2.24) is 5.43 Å². The van der Waals surface area contributed by atoms with Gasteiger partial charge >= 0.3 is 0 Å². The average molecular weight is 435 g/mol. The van der Waals surface area contributed by atoms with Gasteiger partial charge in [0.05, 0.1) is 6.42 Å². The average Bonchev–Trinajstić information content (AvgIpc) is 2.54. The summed E-state index contributed by atoms with van der Waals surface area (Å²) < 4.78 is 0.971. The van der Waals surface area contributed by atoms with Gasteiger partial charge in [-0.1, -0.05) is 23.8 Å². The van der Waals surface area contributed by atoms with Crippen LogP contribution in [0.3, 0.4) is 0 Å². The standard InChI is InChI=1S/C18H18IN3O2/c1-12-6-8-16(9-7-12)20-17(23)10-13(2)21-22-18(24)14-4-3-5-15(19)11-14/h3-9,11H,10H2,1-2H3,(H,20,23)(H,22,24)/b21-13-. The number of benzene rings is 2. The summed E-state index contributed by atoms with van der Waals surface area (Å²) in [6.07, 6.45) is 0.112. The van der Waals surface area contributed by atoms with Crippen LogP contribution in [0.2, 0.25) is 0 Å². The van der Waals surface area contributed by atoms with E-state index in [-0.39, 0.29) is 18.2 Å². The number of rotatable bonds is 5. The van der Waals surface area contributed by atoms with Gasteiger partial charge < -0.3 is 5.32 Å². The van der Waals surface area contributed by atoms with Crippen LogP contribution in [-0.2, 0) is 4.79 Å². The maximum Gasteiger partial charge on any atom is 0.271 e. The number of carbonyl (C=O) groups excluding carboxylic acids is 2. The topological polar surface area (TPSA) is 70.6 Å². The van der Waals surface area contributed by atoms with Crippen LogP contribution in [0.4, 0.5) is 5.69 Å². The number of nitrogens with zero attached hydrogens (tertiary/aromatic N) is 1. The second-order valence-corrected chi connectivity index (χ2v) is 6.63. The fourth-order valence-electron chi connectivity index (χ4n) is 1.95. The van der Waals surface area contributed by atoms with Crippen LogP contribution in [0.1, 0.15) is 29.3 Å². The lowest BCUT2D eigenvalue weighted by atomic mass is 10.2. The zero-order valence-electron chi connectivity index (χ0n) is 13.5. The number of nitrogens with one attached hydrogen (secondary N) is 2. The van der Waals surface area contributed by atoms with E-state index in [1.54, 1.807) is 19.1 Å². The molecule has 0 unspecified atom stereocenters. The third-order valence-corrected chi connectivity index (χ3v) is 3.86. The van der Waals surface area contributed by atoms with Gasteiger partial charge in [-0.25, -0.2) is 5.43 Å². The molecule has 0 saturated heterocycles. The van der Waals surface area contributed by atoms with E-state index >= 15 is 0 Å². The summed E-state index contributed by atoms with van der Waals surface area (Å²) in [6, 6.07) is 14.7. The number of amides is 2. The van der Waals surface area contributed by atoms with Crippen molar-refractivity contribution < 1.29 is 9.59 Å². The van der Waals surface area contributed by atoms with Crippen LogP contribution >= 0.6 is 22.6 Å². The molecule has 0 aliphatic carbocycles. The monoisotopic (exact) mass is 435 g/mol. The van der Waals surface area contributed by atoms with Gasteiger partial charge in [0, 0.05) is 20.5 Å². The minimum absolute atomic E-state index is 0.112. The van der Waals surface area contributed by atoms with Crippen molar-refractivity contribution >= 4 is 45.8 Å². The number of aryl methyl sites for hydroxylation is 1. The van der Waals surface area contributed by atoms with Crippen molar-refractivity contribution in [3.63, 3.8) is 0 Å². The molecule has 0 bridgehead atoms. The van der Waals surface area contributed by atoms with Crippen molar-refractivity contribution in [3.05, 3.63) is 63.2 Å². The minimum atomic E-state index is -0.299. The normalized spacial score (nSPS) is 11.0. The first-order valence-electron chi connectivity index (χ1n) is 7.39. The molecule has 24 heavy (non-hydrogen) atoms. The van der Waals surface area contributed by atoms with Crippen LogP contribution in [0.25, 0.3) is 0 Å². The smallest absolute Gasteiger partial charge is 0.271 e. The van der Waals surface area contributed by atoms with Gasteiger partial charge in [0.25, 0.3) is 5.91 Å². The van der Waals surface area contributed by atoms with E-state index < -0.39 is 0 Å². The molecule has 0 atom stereocenters. The van der Waals surface area contributed by atoms with E-state index in [9.17, 15) is 9.59 Å². The van der Waals surface area contributed by atoms with E-state index in [0.717, 1.165) is 14.8 Å². The Morgan fingerprint density at radius 3 is 2.50 bits per heavy atom. The summed E-state index contributed by atoms with van der Waals surface area (Å²) in [5, 5.41) is 6.77. The quantitative estimate of drug-likeness (QED) is 0.427. The Kier molecular flexibility index (Phi) is 6.48. The second-order valence-electron chi connectivity index (χ2n) is 5.39. The lowest BCUT2D eigenvalue weighted by molar-refractivity contribution is -0.115. The van der Waals surface area contributed by atoms with E-state index in [2.05, 4.69) is 38.4 Å². The predicted molar refractivity (Wildman–Crippen MR) is 104 cm³/mol. The van der Waals surface area contributed by atoms with Crippen molar-refractivity contribution in [2.75, 3.05) is 5.32 Å². The molecule has 124 valence electrons. The Hall–Kier alpha value is -2.22. The Morgan fingerprint density at radius 2 is 1.83 bits per heavy atom. The highest BCUT2D eigenvalue weighted by molar-refractivity contribution is 14.1. The molecule has 0 aliphatic rings. The molecule has 0 aromatic heterocycles. The molecule has 0 radical (unpaired) electrons. The Labute approximate surface area is 154 Å². The molecule has 0 aliphatic heterocycles. The predicted octanol–water partition coefficient (Wildman–Crippen LogP) is 3.73. The molecule has 2 N–H and O–H groups in total. The summed E-state index contributed by atoms with van der Waals surface area (Å²) in [4.78, 5) is 23.9. The molecule has 2 aromatic rings. The molecule has 2 aromatic carbocycles. The van der Waals surface area contributed by atoms with E-state index in [0.29, 0.717) is 11.3 Å². The van der Waals surface area contributed by atoms with Crippen LogP contribution in [-0.4, -0.2) is 17.5 Å². The summed E-state index contributed by atoms with van der Waals surface area (Å²) in [7, 11) is 0. The first-order valence-corrected chi connectivity index (χ1v) is 8.47. The molecule has 2 amide bonds. The number of hydrogen-bond acceptors (Lipinski definition) is 3. The van der Waals surface area contributed by atoms with Gasteiger partial charge in [-0.15, -0.1) is 0 Å². The zero-order chi connectivity index (χ0) is 17.5. The van der Waals surface area contributed by atoms with E-state index in [4.69, 9.17) is 0 Å². The van der Waals surface area contributed by atoms with Gasteiger partial charge in [0.1, 0.15) is 0 Å². The molecule has 0 fully saturated rings. The highest BCUT2D eigenvalue weighted by atomic mass is 127. The molecule has 5 nitrogen and oxygen atoms in total. The van der Waals surface area contributed by atoms with Gasteiger partial charge in [-0.3, -0.25) is 9.59 Å². The summed E-state index contributed by atoms with van der Waals surface area (Å²) in [5.41, 5.74) is 5.39. The van der Waals surface area contributed by atoms with Crippen LogP contribution in [0.15, 0.2) is 53.6 Å². The Balaban J connectivity index is 1.87. The number of anilines is 1.